The molecule has 0 aliphatic carbocycles. The molecule has 2 amide bonds. The van der Waals surface area contributed by atoms with Gasteiger partial charge < -0.3 is 21.3 Å². The largest absolute Gasteiger partial charge is 0.353 e. The van der Waals surface area contributed by atoms with Gasteiger partial charge in [0.1, 0.15) is 0 Å². The lowest BCUT2D eigenvalue weighted by atomic mass is 10.0. The minimum atomic E-state index is -0.0278. The van der Waals surface area contributed by atoms with Crippen LogP contribution in [-0.2, 0) is 29.1 Å². The molecule has 0 radical (unpaired) electrons. The Balaban J connectivity index is 0.00000125. The molecule has 0 fully saturated rings. The fourth-order valence-corrected chi connectivity index (χ4v) is 3.29. The van der Waals surface area contributed by atoms with Crippen molar-refractivity contribution in [1.29, 1.82) is 0 Å². The van der Waals surface area contributed by atoms with Crippen LogP contribution in [0.25, 0.3) is 0 Å². The highest BCUT2D eigenvalue weighted by atomic mass is 32.1. The van der Waals surface area contributed by atoms with Crippen LogP contribution in [0.15, 0.2) is 54.6 Å². The van der Waals surface area contributed by atoms with Crippen molar-refractivity contribution in [2.45, 2.75) is 52.2 Å². The third kappa shape index (κ3) is 13.7. The summed E-state index contributed by atoms with van der Waals surface area (Å²) in [5.74, 6) is 0.986. The van der Waals surface area contributed by atoms with E-state index < -0.39 is 0 Å². The first-order chi connectivity index (χ1) is 16.0. The molecule has 0 heterocycles. The number of amides is 2. The van der Waals surface area contributed by atoms with E-state index in [1.54, 1.807) is 11.8 Å². The van der Waals surface area contributed by atoms with Gasteiger partial charge in [-0.1, -0.05) is 61.5 Å². The molecule has 2 aromatic carbocycles. The first-order valence-electron chi connectivity index (χ1n) is 11.6. The zero-order valence-electron chi connectivity index (χ0n) is 20.0. The van der Waals surface area contributed by atoms with Crippen LogP contribution in [0.3, 0.4) is 0 Å². The smallest absolute Gasteiger partial charge is 0.217 e. The molecule has 4 N–H and O–H groups in total. The van der Waals surface area contributed by atoms with Crippen molar-refractivity contribution in [2.24, 2.45) is 5.73 Å². The second-order valence-electron chi connectivity index (χ2n) is 7.95. The molecule has 0 spiro atoms. The molecule has 2 aromatic rings. The van der Waals surface area contributed by atoms with Crippen molar-refractivity contribution in [3.63, 3.8) is 0 Å². The average molecular weight is 473 g/mol. The number of thiol groups is 1. The zero-order chi connectivity index (χ0) is 24.3. The molecule has 7 heteroatoms. The molecule has 0 bridgehead atoms. The van der Waals surface area contributed by atoms with Crippen molar-refractivity contribution >= 4 is 24.9 Å². The van der Waals surface area contributed by atoms with Gasteiger partial charge in [-0.15, -0.1) is 0 Å². The van der Waals surface area contributed by atoms with Gasteiger partial charge in [0.05, 0.1) is 0 Å². The maximum Gasteiger partial charge on any atom is 0.217 e. The Kier molecular flexibility index (Phi) is 15.7. The fraction of sp³-hybridized carbons (Fsp3) is 0.462. The average Bonchev–Trinajstić information content (AvgIpc) is 2.83. The summed E-state index contributed by atoms with van der Waals surface area (Å²) in [7, 11) is 0. The maximum absolute atomic E-state index is 11.6. The van der Waals surface area contributed by atoms with Crippen LogP contribution in [0.2, 0.25) is 0 Å². The van der Waals surface area contributed by atoms with Crippen LogP contribution < -0.4 is 16.4 Å². The van der Waals surface area contributed by atoms with E-state index in [0.717, 1.165) is 42.7 Å². The number of benzene rings is 2. The lowest BCUT2D eigenvalue weighted by molar-refractivity contribution is -0.120. The highest BCUT2D eigenvalue weighted by molar-refractivity contribution is 7.80. The van der Waals surface area contributed by atoms with Gasteiger partial charge in [0.2, 0.25) is 12.3 Å². The maximum atomic E-state index is 11.6. The topological polar surface area (TPSA) is 87.5 Å². The van der Waals surface area contributed by atoms with Gasteiger partial charge in [-0.3, -0.25) is 9.59 Å². The lowest BCUT2D eigenvalue weighted by Crippen LogP contribution is -2.38. The normalized spacial score (nSPS) is 11.2. The van der Waals surface area contributed by atoms with Gasteiger partial charge in [-0.25, -0.2) is 0 Å². The number of nitrogens with zero attached hydrogens (tertiary/aromatic N) is 1. The van der Waals surface area contributed by atoms with Crippen molar-refractivity contribution < 1.29 is 9.59 Å². The van der Waals surface area contributed by atoms with E-state index in [4.69, 9.17) is 5.73 Å². The lowest BCUT2D eigenvalue weighted by Gasteiger charge is -2.20. The number of carbonyl (C=O) groups excluding carboxylic acids is 2. The molecule has 6 nitrogen and oxygen atoms in total. The summed E-state index contributed by atoms with van der Waals surface area (Å²) in [5, 5.41) is 6.41. The number of nitrogens with two attached hydrogens (primary N) is 1. The van der Waals surface area contributed by atoms with Crippen molar-refractivity contribution in [2.75, 3.05) is 25.4 Å². The third-order valence-corrected chi connectivity index (χ3v) is 5.41. The van der Waals surface area contributed by atoms with Crippen LogP contribution >= 0.6 is 12.6 Å². The summed E-state index contributed by atoms with van der Waals surface area (Å²) in [4.78, 5) is 24.6. The molecule has 0 aromatic heterocycles. The molecule has 1 atom stereocenters. The Morgan fingerprint density at radius 2 is 1.76 bits per heavy atom. The van der Waals surface area contributed by atoms with Gasteiger partial charge in [0.15, 0.2) is 0 Å². The van der Waals surface area contributed by atoms with E-state index in [9.17, 15) is 9.59 Å². The molecular formula is C26H40N4O2S. The van der Waals surface area contributed by atoms with Crippen molar-refractivity contribution in [3.8, 4) is 0 Å². The number of hydrogen-bond acceptors (Lipinski definition) is 5. The Bertz CT molecular complexity index is 787. The number of carbonyl (C=O) groups is 2. The van der Waals surface area contributed by atoms with E-state index in [1.165, 1.54) is 12.0 Å². The highest BCUT2D eigenvalue weighted by Gasteiger charge is 2.11. The minimum Gasteiger partial charge on any atom is -0.353 e. The molecule has 2 rings (SSSR count). The third-order valence-electron chi connectivity index (χ3n) is 4.96. The SMILES string of the molecule is CC(=O)N[C@H](CCNCCN(C=O)Cc1ccccc1)Cc1cccc(CN)c1.CCCS. The Hall–Kier alpha value is -2.35. The molecule has 182 valence electrons. The van der Waals surface area contributed by atoms with E-state index >= 15 is 0 Å². The van der Waals surface area contributed by atoms with Gasteiger partial charge in [-0.2, -0.15) is 12.6 Å². The second-order valence-corrected chi connectivity index (χ2v) is 8.40. The Morgan fingerprint density at radius 1 is 1.09 bits per heavy atom. The molecule has 0 saturated heterocycles. The second kappa shape index (κ2) is 18.1. The van der Waals surface area contributed by atoms with Crippen LogP contribution in [0, 0.1) is 0 Å². The summed E-state index contributed by atoms with van der Waals surface area (Å²) in [6.45, 7) is 6.88. The van der Waals surface area contributed by atoms with Crippen LogP contribution in [-0.4, -0.2) is 48.6 Å². The molecular weight excluding hydrogens is 432 g/mol. The predicted octanol–water partition coefficient (Wildman–Crippen LogP) is 3.16. The van der Waals surface area contributed by atoms with E-state index in [0.29, 0.717) is 26.2 Å². The first kappa shape index (κ1) is 28.7. The fourth-order valence-electron chi connectivity index (χ4n) is 3.29. The Morgan fingerprint density at radius 3 is 2.36 bits per heavy atom. The number of rotatable bonds is 14. The van der Waals surface area contributed by atoms with Gasteiger partial charge in [0, 0.05) is 39.1 Å². The van der Waals surface area contributed by atoms with Gasteiger partial charge >= 0.3 is 0 Å². The molecule has 0 aliphatic rings. The van der Waals surface area contributed by atoms with E-state index in [2.05, 4.69) is 42.3 Å². The summed E-state index contributed by atoms with van der Waals surface area (Å²) in [6, 6.07) is 18.2. The summed E-state index contributed by atoms with van der Waals surface area (Å²) in [6.07, 6.45) is 3.65. The van der Waals surface area contributed by atoms with Gasteiger partial charge in [-0.05, 0) is 48.3 Å². The van der Waals surface area contributed by atoms with Crippen LogP contribution in [0.1, 0.15) is 43.4 Å². The predicted molar refractivity (Wildman–Crippen MR) is 140 cm³/mol. The molecule has 0 aliphatic heterocycles. The summed E-state index contributed by atoms with van der Waals surface area (Å²) in [5.41, 5.74) is 9.10. The first-order valence-corrected chi connectivity index (χ1v) is 12.2. The van der Waals surface area contributed by atoms with Crippen LogP contribution in [0.5, 0.6) is 0 Å². The van der Waals surface area contributed by atoms with E-state index in [-0.39, 0.29) is 11.9 Å². The summed E-state index contributed by atoms with van der Waals surface area (Å²) >= 11 is 3.92. The number of hydrogen-bond donors (Lipinski definition) is 4. The minimum absolute atomic E-state index is 0.0278. The molecule has 0 unspecified atom stereocenters. The van der Waals surface area contributed by atoms with E-state index in [1.807, 2.05) is 42.5 Å². The summed E-state index contributed by atoms with van der Waals surface area (Å²) < 4.78 is 0. The molecule has 0 saturated carbocycles. The van der Waals surface area contributed by atoms with Crippen molar-refractivity contribution in [3.05, 3.63) is 71.3 Å². The highest BCUT2D eigenvalue weighted by Crippen LogP contribution is 2.09. The van der Waals surface area contributed by atoms with Crippen LogP contribution in [0.4, 0.5) is 0 Å². The van der Waals surface area contributed by atoms with Gasteiger partial charge in [0.25, 0.3) is 0 Å². The standard InChI is InChI=1S/C23H32N4O2.C3H8S/c1-19(29)26-23(15-21-8-5-9-22(14-21)16-24)10-11-25-12-13-27(18-28)17-20-6-3-2-4-7-20;1-2-3-4/h2-9,14,18,23,25H,10-13,15-17,24H2,1H3,(H,26,29);4H,2-3H2,1H3/t23-;/m1./s1. The molecule has 33 heavy (non-hydrogen) atoms. The monoisotopic (exact) mass is 472 g/mol. The number of nitrogens with one attached hydrogen (secondary N) is 2. The quantitative estimate of drug-likeness (QED) is 0.193. The Labute approximate surface area is 204 Å². The van der Waals surface area contributed by atoms with Crippen molar-refractivity contribution in [1.82, 2.24) is 15.5 Å². The zero-order valence-corrected chi connectivity index (χ0v) is 20.9.